The monoisotopic (exact) mass is 297 g/mol. The van der Waals surface area contributed by atoms with Gasteiger partial charge < -0.3 is 5.32 Å². The maximum Gasteiger partial charge on any atom is 0.0177 e. The molecule has 17 heavy (non-hydrogen) atoms. The van der Waals surface area contributed by atoms with Crippen molar-refractivity contribution in [2.45, 2.75) is 46.6 Å². The number of benzene rings is 1. The van der Waals surface area contributed by atoms with E-state index in [1.165, 1.54) is 16.5 Å². The number of rotatable bonds is 6. The smallest absolute Gasteiger partial charge is 0.0177 e. The molecule has 0 radical (unpaired) electrons. The van der Waals surface area contributed by atoms with Gasteiger partial charge in [0.05, 0.1) is 0 Å². The van der Waals surface area contributed by atoms with Crippen molar-refractivity contribution in [3.63, 3.8) is 0 Å². The predicted molar refractivity (Wildman–Crippen MR) is 79.4 cm³/mol. The van der Waals surface area contributed by atoms with Gasteiger partial charge in [0.15, 0.2) is 0 Å². The van der Waals surface area contributed by atoms with Gasteiger partial charge in [-0.1, -0.05) is 48.8 Å². The van der Waals surface area contributed by atoms with Crippen LogP contribution in [0.3, 0.4) is 0 Å². The van der Waals surface area contributed by atoms with E-state index >= 15 is 0 Å². The first kappa shape index (κ1) is 14.7. The van der Waals surface area contributed by atoms with E-state index in [4.69, 9.17) is 0 Å². The van der Waals surface area contributed by atoms with E-state index in [-0.39, 0.29) is 0 Å². The Morgan fingerprint density at radius 1 is 1.35 bits per heavy atom. The number of hydrogen-bond acceptors (Lipinski definition) is 1. The first-order valence-corrected chi connectivity index (χ1v) is 7.20. The van der Waals surface area contributed by atoms with Crippen LogP contribution >= 0.6 is 15.9 Å². The van der Waals surface area contributed by atoms with Crippen molar-refractivity contribution in [3.05, 3.63) is 34.3 Å². The highest BCUT2D eigenvalue weighted by molar-refractivity contribution is 9.10. The zero-order valence-electron chi connectivity index (χ0n) is 11.4. The third-order valence-electron chi connectivity index (χ3n) is 2.98. The van der Waals surface area contributed by atoms with Gasteiger partial charge in [-0.25, -0.2) is 0 Å². The van der Waals surface area contributed by atoms with E-state index in [2.05, 4.69) is 73.2 Å². The first-order valence-electron chi connectivity index (χ1n) is 6.41. The molecule has 0 bridgehead atoms. The Kier molecular flexibility index (Phi) is 5.68. The Balaban J connectivity index is 2.59. The number of hydrogen-bond donors (Lipinski definition) is 1. The van der Waals surface area contributed by atoms with Crippen molar-refractivity contribution >= 4 is 15.9 Å². The Labute approximate surface area is 114 Å². The van der Waals surface area contributed by atoms with Crippen LogP contribution < -0.4 is 5.32 Å². The average molecular weight is 298 g/mol. The first-order chi connectivity index (χ1) is 7.93. The molecule has 1 aromatic rings. The van der Waals surface area contributed by atoms with Gasteiger partial charge in [0.2, 0.25) is 0 Å². The summed E-state index contributed by atoms with van der Waals surface area (Å²) in [5, 5.41) is 3.49. The lowest BCUT2D eigenvalue weighted by molar-refractivity contribution is 0.289. The van der Waals surface area contributed by atoms with E-state index in [0.29, 0.717) is 11.5 Å². The maximum absolute atomic E-state index is 3.53. The van der Waals surface area contributed by atoms with Crippen molar-refractivity contribution < 1.29 is 0 Å². The van der Waals surface area contributed by atoms with Gasteiger partial charge in [-0.05, 0) is 49.4 Å². The standard InChI is InChI=1S/C15H24BrN/c1-5-17-12(2)10-15(3,4)11-13-7-6-8-14(16)9-13/h6-9,12,17H,5,10-11H2,1-4H3. The van der Waals surface area contributed by atoms with Crippen molar-refractivity contribution in [1.29, 1.82) is 0 Å². The van der Waals surface area contributed by atoms with E-state index in [1.807, 2.05) is 0 Å². The largest absolute Gasteiger partial charge is 0.315 e. The van der Waals surface area contributed by atoms with Crippen LogP contribution in [0.5, 0.6) is 0 Å². The highest BCUT2D eigenvalue weighted by Crippen LogP contribution is 2.28. The lowest BCUT2D eigenvalue weighted by Gasteiger charge is -2.28. The molecule has 1 N–H and O–H groups in total. The van der Waals surface area contributed by atoms with Gasteiger partial charge in [-0.15, -0.1) is 0 Å². The summed E-state index contributed by atoms with van der Waals surface area (Å²) in [5.74, 6) is 0. The summed E-state index contributed by atoms with van der Waals surface area (Å²) in [7, 11) is 0. The van der Waals surface area contributed by atoms with Gasteiger partial charge in [0, 0.05) is 10.5 Å². The molecule has 1 rings (SSSR count). The topological polar surface area (TPSA) is 12.0 Å². The molecule has 0 aromatic heterocycles. The Hall–Kier alpha value is -0.340. The summed E-state index contributed by atoms with van der Waals surface area (Å²) in [5.41, 5.74) is 1.75. The Bertz CT molecular complexity index is 347. The fourth-order valence-electron chi connectivity index (χ4n) is 2.52. The fraction of sp³-hybridized carbons (Fsp3) is 0.600. The predicted octanol–water partition coefficient (Wildman–Crippen LogP) is 4.41. The minimum atomic E-state index is 0.336. The van der Waals surface area contributed by atoms with Gasteiger partial charge >= 0.3 is 0 Å². The van der Waals surface area contributed by atoms with Crippen molar-refractivity contribution in [3.8, 4) is 0 Å². The van der Waals surface area contributed by atoms with E-state index in [9.17, 15) is 0 Å². The summed E-state index contributed by atoms with van der Waals surface area (Å²) in [6.45, 7) is 10.2. The second kappa shape index (κ2) is 6.55. The second-order valence-electron chi connectivity index (χ2n) is 5.63. The highest BCUT2D eigenvalue weighted by Gasteiger charge is 2.21. The molecular formula is C15H24BrN. The SMILES string of the molecule is CCNC(C)CC(C)(C)Cc1cccc(Br)c1. The molecule has 0 saturated heterocycles. The molecule has 2 heteroatoms. The van der Waals surface area contributed by atoms with Crippen LogP contribution in [0, 0.1) is 5.41 Å². The molecule has 0 fully saturated rings. The van der Waals surface area contributed by atoms with Crippen LogP contribution in [-0.4, -0.2) is 12.6 Å². The summed E-state index contributed by atoms with van der Waals surface area (Å²) in [6.07, 6.45) is 2.33. The zero-order chi connectivity index (χ0) is 12.9. The minimum Gasteiger partial charge on any atom is -0.315 e. The second-order valence-corrected chi connectivity index (χ2v) is 6.55. The fourth-order valence-corrected chi connectivity index (χ4v) is 2.97. The quantitative estimate of drug-likeness (QED) is 0.820. The molecule has 0 spiro atoms. The molecule has 0 aliphatic heterocycles. The zero-order valence-corrected chi connectivity index (χ0v) is 13.0. The third kappa shape index (κ3) is 5.69. The average Bonchev–Trinajstić information content (AvgIpc) is 2.15. The summed E-state index contributed by atoms with van der Waals surface area (Å²) in [6, 6.07) is 9.22. The van der Waals surface area contributed by atoms with Crippen LogP contribution in [0.1, 0.15) is 39.7 Å². The minimum absolute atomic E-state index is 0.336. The molecule has 0 aliphatic rings. The molecule has 0 heterocycles. The van der Waals surface area contributed by atoms with Crippen molar-refractivity contribution in [2.75, 3.05) is 6.54 Å². The van der Waals surface area contributed by atoms with Gasteiger partial charge in [-0.3, -0.25) is 0 Å². The molecule has 1 aromatic carbocycles. The van der Waals surface area contributed by atoms with E-state index in [0.717, 1.165) is 13.0 Å². The molecule has 1 unspecified atom stereocenters. The summed E-state index contributed by atoms with van der Waals surface area (Å²) >= 11 is 3.53. The van der Waals surface area contributed by atoms with Crippen molar-refractivity contribution in [1.82, 2.24) is 5.32 Å². The Morgan fingerprint density at radius 2 is 2.06 bits per heavy atom. The molecular weight excluding hydrogens is 274 g/mol. The van der Waals surface area contributed by atoms with Crippen LogP contribution in [0.4, 0.5) is 0 Å². The van der Waals surface area contributed by atoms with Crippen LogP contribution in [-0.2, 0) is 6.42 Å². The summed E-state index contributed by atoms with van der Waals surface area (Å²) in [4.78, 5) is 0. The van der Waals surface area contributed by atoms with Crippen LogP contribution in [0.15, 0.2) is 28.7 Å². The van der Waals surface area contributed by atoms with Gasteiger partial charge in [-0.2, -0.15) is 0 Å². The Morgan fingerprint density at radius 3 is 2.65 bits per heavy atom. The molecule has 0 amide bonds. The summed E-state index contributed by atoms with van der Waals surface area (Å²) < 4.78 is 1.17. The van der Waals surface area contributed by atoms with Gasteiger partial charge in [0.25, 0.3) is 0 Å². The van der Waals surface area contributed by atoms with Crippen LogP contribution in [0.2, 0.25) is 0 Å². The lowest BCUT2D eigenvalue weighted by Crippen LogP contribution is -2.32. The highest BCUT2D eigenvalue weighted by atomic mass is 79.9. The molecule has 1 nitrogen and oxygen atoms in total. The molecule has 1 atom stereocenters. The van der Waals surface area contributed by atoms with Gasteiger partial charge in [0.1, 0.15) is 0 Å². The van der Waals surface area contributed by atoms with Crippen molar-refractivity contribution in [2.24, 2.45) is 5.41 Å². The maximum atomic E-state index is 3.53. The molecule has 0 saturated carbocycles. The normalized spacial score (nSPS) is 13.7. The molecule has 96 valence electrons. The third-order valence-corrected chi connectivity index (χ3v) is 3.48. The van der Waals surface area contributed by atoms with Crippen LogP contribution in [0.25, 0.3) is 0 Å². The van der Waals surface area contributed by atoms with E-state index in [1.54, 1.807) is 0 Å². The number of nitrogens with one attached hydrogen (secondary N) is 1. The molecule has 0 aliphatic carbocycles. The lowest BCUT2D eigenvalue weighted by atomic mass is 9.80. The number of halogens is 1. The van der Waals surface area contributed by atoms with E-state index < -0.39 is 0 Å².